The molecule has 2 heterocycles. The van der Waals surface area contributed by atoms with Crippen LogP contribution < -0.4 is 14.8 Å². The van der Waals surface area contributed by atoms with E-state index in [2.05, 4.69) is 17.2 Å². The summed E-state index contributed by atoms with van der Waals surface area (Å²) in [5, 5.41) is 3.25. The minimum atomic E-state index is 0.584. The van der Waals surface area contributed by atoms with Gasteiger partial charge in [-0.1, -0.05) is 6.92 Å². The van der Waals surface area contributed by atoms with Crippen molar-refractivity contribution in [3.05, 3.63) is 30.3 Å². The van der Waals surface area contributed by atoms with Crippen LogP contribution in [0.2, 0.25) is 0 Å². The van der Waals surface area contributed by atoms with Crippen molar-refractivity contribution in [2.45, 2.75) is 13.3 Å². The molecule has 1 aromatic carbocycles. The van der Waals surface area contributed by atoms with Gasteiger partial charge in [0, 0.05) is 18.5 Å². The summed E-state index contributed by atoms with van der Waals surface area (Å²) in [5.41, 5.74) is 0.955. The fourth-order valence-corrected chi connectivity index (χ4v) is 2.13. The molecule has 5 heteroatoms. The van der Waals surface area contributed by atoms with E-state index in [0.29, 0.717) is 13.2 Å². The number of nitrogens with one attached hydrogen (secondary N) is 1. The third-order valence-electron chi connectivity index (χ3n) is 3.15. The number of fused-ring (bicyclic) bond motifs is 1. The van der Waals surface area contributed by atoms with Crippen LogP contribution in [-0.4, -0.2) is 31.3 Å². The van der Waals surface area contributed by atoms with Crippen molar-refractivity contribution in [1.29, 1.82) is 0 Å². The zero-order chi connectivity index (χ0) is 13.8. The molecule has 2 aromatic rings. The van der Waals surface area contributed by atoms with Crippen LogP contribution in [0.5, 0.6) is 11.5 Å². The number of aromatic nitrogens is 1. The maximum absolute atomic E-state index is 5.76. The zero-order valence-corrected chi connectivity index (χ0v) is 11.5. The van der Waals surface area contributed by atoms with Gasteiger partial charge in [0.2, 0.25) is 0 Å². The summed E-state index contributed by atoms with van der Waals surface area (Å²) in [6.07, 6.45) is 2.55. The first-order valence-corrected chi connectivity index (χ1v) is 6.92. The fraction of sp³-hybridized carbons (Fsp3) is 0.400. The number of hydrogen-bond acceptors (Lipinski definition) is 5. The van der Waals surface area contributed by atoms with Gasteiger partial charge in [0.05, 0.1) is 6.20 Å². The third kappa shape index (κ3) is 2.77. The summed E-state index contributed by atoms with van der Waals surface area (Å²) in [5.74, 6) is 3.05. The summed E-state index contributed by atoms with van der Waals surface area (Å²) in [4.78, 5) is 4.30. The van der Waals surface area contributed by atoms with Crippen LogP contribution in [-0.2, 0) is 6.42 Å². The number of likely N-dealkylation sites (N-methyl/N-ethyl adjacent to an activating group) is 1. The highest BCUT2D eigenvalue weighted by atomic mass is 16.6. The van der Waals surface area contributed by atoms with E-state index in [1.165, 1.54) is 0 Å². The van der Waals surface area contributed by atoms with Gasteiger partial charge in [0.1, 0.15) is 13.2 Å². The number of benzene rings is 1. The summed E-state index contributed by atoms with van der Waals surface area (Å²) < 4.78 is 16.8. The number of rotatable bonds is 5. The van der Waals surface area contributed by atoms with Crippen LogP contribution in [0, 0.1) is 0 Å². The molecule has 0 aliphatic carbocycles. The molecule has 20 heavy (non-hydrogen) atoms. The van der Waals surface area contributed by atoms with Crippen molar-refractivity contribution in [1.82, 2.24) is 10.3 Å². The van der Waals surface area contributed by atoms with E-state index in [9.17, 15) is 0 Å². The summed E-state index contributed by atoms with van der Waals surface area (Å²) in [6.45, 7) is 5.09. The highest BCUT2D eigenvalue weighted by molar-refractivity contribution is 5.62. The molecule has 5 nitrogen and oxygen atoms in total. The number of ether oxygens (including phenoxy) is 2. The average Bonchev–Trinajstić information content (AvgIpc) is 2.96. The molecule has 1 aliphatic rings. The van der Waals surface area contributed by atoms with Gasteiger partial charge in [-0.05, 0) is 24.7 Å². The molecule has 0 fully saturated rings. The molecule has 0 saturated heterocycles. The molecule has 0 atom stereocenters. The number of hydrogen-bond donors (Lipinski definition) is 1. The van der Waals surface area contributed by atoms with Crippen LogP contribution in [0.1, 0.15) is 12.8 Å². The Bertz CT molecular complexity index is 580. The zero-order valence-electron chi connectivity index (χ0n) is 11.5. The number of oxazole rings is 1. The molecular weight excluding hydrogens is 256 g/mol. The monoisotopic (exact) mass is 274 g/mol. The highest BCUT2D eigenvalue weighted by Gasteiger charge is 2.14. The molecular formula is C15H18N2O3. The summed E-state index contributed by atoms with van der Waals surface area (Å²) >= 11 is 0. The van der Waals surface area contributed by atoms with Crippen LogP contribution in [0.4, 0.5) is 0 Å². The smallest absolute Gasteiger partial charge is 0.196 e. The Morgan fingerprint density at radius 3 is 2.90 bits per heavy atom. The Labute approximate surface area is 117 Å². The fourth-order valence-electron chi connectivity index (χ4n) is 2.13. The Kier molecular flexibility index (Phi) is 3.87. The first-order valence-electron chi connectivity index (χ1n) is 6.92. The SMILES string of the molecule is CCNCCc1ncc(-c2ccc3c(c2)OCCO3)o1. The normalized spacial score (nSPS) is 13.4. The van der Waals surface area contributed by atoms with Crippen LogP contribution in [0.25, 0.3) is 11.3 Å². The van der Waals surface area contributed by atoms with E-state index in [0.717, 1.165) is 48.2 Å². The molecule has 0 amide bonds. The van der Waals surface area contributed by atoms with Gasteiger partial charge in [-0.2, -0.15) is 0 Å². The van der Waals surface area contributed by atoms with E-state index < -0.39 is 0 Å². The van der Waals surface area contributed by atoms with E-state index in [-0.39, 0.29) is 0 Å². The summed E-state index contributed by atoms with van der Waals surface area (Å²) in [6, 6.07) is 5.80. The van der Waals surface area contributed by atoms with Gasteiger partial charge in [-0.25, -0.2) is 4.98 Å². The molecule has 0 saturated carbocycles. The molecule has 3 rings (SSSR count). The quantitative estimate of drug-likeness (QED) is 0.848. The average molecular weight is 274 g/mol. The Hall–Kier alpha value is -2.01. The second-order valence-electron chi connectivity index (χ2n) is 4.58. The second-order valence-corrected chi connectivity index (χ2v) is 4.58. The maximum atomic E-state index is 5.76. The Balaban J connectivity index is 1.75. The van der Waals surface area contributed by atoms with Crippen molar-refractivity contribution < 1.29 is 13.9 Å². The second kappa shape index (κ2) is 5.96. The molecule has 1 aliphatic heterocycles. The van der Waals surface area contributed by atoms with Crippen LogP contribution >= 0.6 is 0 Å². The lowest BCUT2D eigenvalue weighted by Crippen LogP contribution is -2.16. The molecule has 1 N–H and O–H groups in total. The van der Waals surface area contributed by atoms with Gasteiger partial charge in [0.15, 0.2) is 23.1 Å². The lowest BCUT2D eigenvalue weighted by atomic mass is 10.1. The third-order valence-corrected chi connectivity index (χ3v) is 3.15. The topological polar surface area (TPSA) is 56.5 Å². The molecule has 106 valence electrons. The molecule has 0 bridgehead atoms. The van der Waals surface area contributed by atoms with E-state index in [4.69, 9.17) is 13.9 Å². The van der Waals surface area contributed by atoms with Crippen molar-refractivity contribution in [2.24, 2.45) is 0 Å². The first kappa shape index (κ1) is 13.0. The minimum absolute atomic E-state index is 0.584. The Morgan fingerprint density at radius 1 is 1.20 bits per heavy atom. The number of nitrogens with zero attached hydrogens (tertiary/aromatic N) is 1. The van der Waals surface area contributed by atoms with Crippen LogP contribution in [0.15, 0.2) is 28.8 Å². The van der Waals surface area contributed by atoms with Gasteiger partial charge < -0.3 is 19.2 Å². The van der Waals surface area contributed by atoms with Crippen molar-refractivity contribution in [3.63, 3.8) is 0 Å². The maximum Gasteiger partial charge on any atom is 0.196 e. The Morgan fingerprint density at radius 2 is 2.05 bits per heavy atom. The largest absolute Gasteiger partial charge is 0.486 e. The van der Waals surface area contributed by atoms with Gasteiger partial charge >= 0.3 is 0 Å². The predicted molar refractivity (Wildman–Crippen MR) is 75.2 cm³/mol. The van der Waals surface area contributed by atoms with Crippen molar-refractivity contribution >= 4 is 0 Å². The van der Waals surface area contributed by atoms with Crippen molar-refractivity contribution in [2.75, 3.05) is 26.3 Å². The van der Waals surface area contributed by atoms with Crippen molar-refractivity contribution in [3.8, 4) is 22.8 Å². The lowest BCUT2D eigenvalue weighted by Gasteiger charge is -2.18. The molecule has 0 spiro atoms. The van der Waals surface area contributed by atoms with Gasteiger partial charge in [0.25, 0.3) is 0 Å². The molecule has 1 aromatic heterocycles. The van der Waals surface area contributed by atoms with E-state index >= 15 is 0 Å². The van der Waals surface area contributed by atoms with Crippen LogP contribution in [0.3, 0.4) is 0 Å². The molecule has 0 unspecified atom stereocenters. The van der Waals surface area contributed by atoms with Gasteiger partial charge in [-0.15, -0.1) is 0 Å². The predicted octanol–water partition coefficient (Wildman–Crippen LogP) is 2.26. The lowest BCUT2D eigenvalue weighted by molar-refractivity contribution is 0.171. The van der Waals surface area contributed by atoms with E-state index in [1.54, 1.807) is 6.20 Å². The summed E-state index contributed by atoms with van der Waals surface area (Å²) in [7, 11) is 0. The molecule has 0 radical (unpaired) electrons. The minimum Gasteiger partial charge on any atom is -0.486 e. The standard InChI is InChI=1S/C15H18N2O3/c1-2-16-6-5-15-17-10-14(20-15)11-3-4-12-13(9-11)19-8-7-18-12/h3-4,9-10,16H,2,5-8H2,1H3. The first-order chi connectivity index (χ1) is 9.86. The van der Waals surface area contributed by atoms with Gasteiger partial charge in [-0.3, -0.25) is 0 Å². The van der Waals surface area contributed by atoms with E-state index in [1.807, 2.05) is 18.2 Å². The highest BCUT2D eigenvalue weighted by Crippen LogP contribution is 2.34.